The fourth-order valence-electron chi connectivity index (χ4n) is 1.84. The van der Waals surface area contributed by atoms with Crippen LogP contribution >= 0.6 is 0 Å². The minimum Gasteiger partial charge on any atom is -0.481 e. The predicted molar refractivity (Wildman–Crippen MR) is 57.0 cm³/mol. The van der Waals surface area contributed by atoms with Crippen LogP contribution in [0.2, 0.25) is 0 Å². The quantitative estimate of drug-likeness (QED) is 0.628. The number of nitro groups is 1. The highest BCUT2D eigenvalue weighted by Crippen LogP contribution is 2.22. The van der Waals surface area contributed by atoms with Crippen LogP contribution < -0.4 is 0 Å². The first kappa shape index (κ1) is 12.1. The van der Waals surface area contributed by atoms with Gasteiger partial charge in [0.1, 0.15) is 4.92 Å². The van der Waals surface area contributed by atoms with Crippen LogP contribution in [0.1, 0.15) is 17.0 Å². The second-order valence-electron chi connectivity index (χ2n) is 3.97. The van der Waals surface area contributed by atoms with Crippen molar-refractivity contribution in [1.29, 1.82) is 0 Å². The SMILES string of the molecule is O=C(O)C1CCN(C(=O)c2ccc([N+](=O)[O-])o2)C1. The molecule has 0 bridgehead atoms. The van der Waals surface area contributed by atoms with E-state index in [-0.39, 0.29) is 12.3 Å². The van der Waals surface area contributed by atoms with E-state index in [1.165, 1.54) is 11.0 Å². The van der Waals surface area contributed by atoms with Crippen LogP contribution in [0.25, 0.3) is 0 Å². The van der Waals surface area contributed by atoms with E-state index in [4.69, 9.17) is 9.52 Å². The molecule has 2 heterocycles. The molecule has 0 spiro atoms. The van der Waals surface area contributed by atoms with Gasteiger partial charge in [0.2, 0.25) is 0 Å². The Bertz CT molecular complexity index is 508. The molecule has 8 nitrogen and oxygen atoms in total. The number of furan rings is 1. The van der Waals surface area contributed by atoms with Crippen LogP contribution in [-0.2, 0) is 4.79 Å². The van der Waals surface area contributed by atoms with Gasteiger partial charge >= 0.3 is 11.9 Å². The Morgan fingerprint density at radius 2 is 2.22 bits per heavy atom. The summed E-state index contributed by atoms with van der Waals surface area (Å²) >= 11 is 0. The molecule has 18 heavy (non-hydrogen) atoms. The van der Waals surface area contributed by atoms with E-state index >= 15 is 0 Å². The van der Waals surface area contributed by atoms with Gasteiger partial charge in [-0.15, -0.1) is 0 Å². The Morgan fingerprint density at radius 3 is 2.72 bits per heavy atom. The predicted octanol–water partition coefficient (Wildman–Crippen LogP) is 0.734. The largest absolute Gasteiger partial charge is 0.481 e. The van der Waals surface area contributed by atoms with E-state index in [1.807, 2.05) is 0 Å². The number of carbonyl (C=O) groups is 2. The number of rotatable bonds is 3. The molecule has 1 aromatic heterocycles. The number of carboxylic acid groups (broad SMARTS) is 1. The maximum atomic E-state index is 11.9. The zero-order valence-electron chi connectivity index (χ0n) is 9.24. The Labute approximate surface area is 101 Å². The van der Waals surface area contributed by atoms with E-state index in [1.54, 1.807) is 0 Å². The Kier molecular flexibility index (Phi) is 3.00. The first-order valence-electron chi connectivity index (χ1n) is 5.25. The number of aliphatic carboxylic acids is 1. The third kappa shape index (κ3) is 2.17. The van der Waals surface area contributed by atoms with Gasteiger partial charge in [-0.25, -0.2) is 0 Å². The molecule has 1 unspecified atom stereocenters. The summed E-state index contributed by atoms with van der Waals surface area (Å²) in [5.41, 5.74) is 0. The third-order valence-corrected chi connectivity index (χ3v) is 2.81. The van der Waals surface area contributed by atoms with Crippen molar-refractivity contribution in [2.75, 3.05) is 13.1 Å². The highest BCUT2D eigenvalue weighted by molar-refractivity contribution is 5.92. The van der Waals surface area contributed by atoms with Crippen LogP contribution in [-0.4, -0.2) is 39.9 Å². The molecule has 1 aliphatic heterocycles. The van der Waals surface area contributed by atoms with Crippen LogP contribution in [0.15, 0.2) is 16.5 Å². The molecule has 1 fully saturated rings. The molecular weight excluding hydrogens is 244 g/mol. The third-order valence-electron chi connectivity index (χ3n) is 2.81. The van der Waals surface area contributed by atoms with Gasteiger partial charge in [-0.1, -0.05) is 0 Å². The Hall–Kier alpha value is -2.38. The molecule has 1 aromatic rings. The summed E-state index contributed by atoms with van der Waals surface area (Å²) in [5.74, 6) is -2.71. The molecule has 1 amide bonds. The molecule has 1 saturated heterocycles. The number of amides is 1. The van der Waals surface area contributed by atoms with Crippen LogP contribution in [0.3, 0.4) is 0 Å². The van der Waals surface area contributed by atoms with Crippen molar-refractivity contribution in [2.24, 2.45) is 5.92 Å². The molecule has 0 aliphatic carbocycles. The van der Waals surface area contributed by atoms with Gasteiger partial charge in [-0.2, -0.15) is 0 Å². The lowest BCUT2D eigenvalue weighted by molar-refractivity contribution is -0.402. The zero-order valence-corrected chi connectivity index (χ0v) is 9.24. The summed E-state index contributed by atoms with van der Waals surface area (Å²) < 4.78 is 4.78. The average Bonchev–Trinajstić information content (AvgIpc) is 2.97. The van der Waals surface area contributed by atoms with Crippen LogP contribution in [0, 0.1) is 16.0 Å². The summed E-state index contributed by atoms with van der Waals surface area (Å²) in [7, 11) is 0. The Morgan fingerprint density at radius 1 is 1.50 bits per heavy atom. The van der Waals surface area contributed by atoms with E-state index in [9.17, 15) is 19.7 Å². The smallest absolute Gasteiger partial charge is 0.433 e. The number of carboxylic acids is 1. The normalized spacial score (nSPS) is 18.9. The fraction of sp³-hybridized carbons (Fsp3) is 0.400. The summed E-state index contributed by atoms with van der Waals surface area (Å²) in [6.45, 7) is 0.410. The maximum absolute atomic E-state index is 11.9. The summed E-state index contributed by atoms with van der Waals surface area (Å²) in [4.78, 5) is 33.6. The molecule has 96 valence electrons. The average molecular weight is 254 g/mol. The minimum absolute atomic E-state index is 0.0999. The number of hydrogen-bond acceptors (Lipinski definition) is 5. The van der Waals surface area contributed by atoms with Crippen LogP contribution in [0.5, 0.6) is 0 Å². The molecule has 8 heteroatoms. The molecule has 1 atom stereocenters. The number of nitrogens with zero attached hydrogens (tertiary/aromatic N) is 2. The first-order valence-corrected chi connectivity index (χ1v) is 5.25. The topological polar surface area (TPSA) is 114 Å². The molecule has 0 radical (unpaired) electrons. The second-order valence-corrected chi connectivity index (χ2v) is 3.97. The Balaban J connectivity index is 2.08. The molecule has 0 saturated carbocycles. The summed E-state index contributed by atoms with van der Waals surface area (Å²) in [6, 6.07) is 2.31. The van der Waals surface area contributed by atoms with E-state index in [2.05, 4.69) is 0 Å². The van der Waals surface area contributed by atoms with E-state index < -0.39 is 28.6 Å². The fourth-order valence-corrected chi connectivity index (χ4v) is 1.84. The first-order chi connectivity index (χ1) is 8.49. The highest BCUT2D eigenvalue weighted by atomic mass is 16.6. The highest BCUT2D eigenvalue weighted by Gasteiger charge is 2.33. The number of likely N-dealkylation sites (tertiary alicyclic amines) is 1. The van der Waals surface area contributed by atoms with Gasteiger partial charge in [0, 0.05) is 13.1 Å². The van der Waals surface area contributed by atoms with E-state index in [0.717, 1.165) is 6.07 Å². The van der Waals surface area contributed by atoms with Crippen molar-refractivity contribution in [3.8, 4) is 0 Å². The van der Waals surface area contributed by atoms with Crippen LogP contribution in [0.4, 0.5) is 5.88 Å². The van der Waals surface area contributed by atoms with Crippen molar-refractivity contribution < 1.29 is 24.0 Å². The van der Waals surface area contributed by atoms with Crippen molar-refractivity contribution in [3.63, 3.8) is 0 Å². The monoisotopic (exact) mass is 254 g/mol. The zero-order chi connectivity index (χ0) is 13.3. The second kappa shape index (κ2) is 4.47. The van der Waals surface area contributed by atoms with Gasteiger partial charge in [-0.05, 0) is 12.5 Å². The van der Waals surface area contributed by atoms with Gasteiger partial charge < -0.3 is 14.4 Å². The van der Waals surface area contributed by atoms with Crippen molar-refractivity contribution in [2.45, 2.75) is 6.42 Å². The molecule has 2 rings (SSSR count). The minimum atomic E-state index is -0.948. The molecule has 1 aliphatic rings. The standard InChI is InChI=1S/C10H10N2O6/c13-9(7-1-2-8(18-7)12(16)17)11-4-3-6(5-11)10(14)15/h1-2,6H,3-5H2,(H,14,15). The lowest BCUT2D eigenvalue weighted by Gasteiger charge is -2.13. The number of carbonyl (C=O) groups excluding carboxylic acids is 1. The maximum Gasteiger partial charge on any atom is 0.433 e. The van der Waals surface area contributed by atoms with E-state index in [0.29, 0.717) is 13.0 Å². The van der Waals surface area contributed by atoms with Gasteiger partial charge in [-0.3, -0.25) is 19.7 Å². The molecular formula is C10H10N2O6. The molecule has 1 N–H and O–H groups in total. The lowest BCUT2D eigenvalue weighted by Crippen LogP contribution is -2.29. The lowest BCUT2D eigenvalue weighted by atomic mass is 10.1. The van der Waals surface area contributed by atoms with Crippen molar-refractivity contribution >= 4 is 17.8 Å². The van der Waals surface area contributed by atoms with Gasteiger partial charge in [0.15, 0.2) is 5.76 Å². The van der Waals surface area contributed by atoms with Crippen molar-refractivity contribution in [1.82, 2.24) is 4.90 Å². The number of hydrogen-bond donors (Lipinski definition) is 1. The molecule has 0 aromatic carbocycles. The van der Waals surface area contributed by atoms with Crippen molar-refractivity contribution in [3.05, 3.63) is 28.0 Å². The van der Waals surface area contributed by atoms with Gasteiger partial charge in [0.25, 0.3) is 5.91 Å². The summed E-state index contributed by atoms with van der Waals surface area (Å²) in [6.07, 6.45) is 0.379. The van der Waals surface area contributed by atoms with Gasteiger partial charge in [0.05, 0.1) is 12.0 Å². The summed E-state index contributed by atoms with van der Waals surface area (Å²) in [5, 5.41) is 19.2.